The van der Waals surface area contributed by atoms with Crippen LogP contribution in [0.3, 0.4) is 0 Å². The molecule has 210 valence electrons. The van der Waals surface area contributed by atoms with Gasteiger partial charge in [0, 0.05) is 22.0 Å². The van der Waals surface area contributed by atoms with E-state index in [0.29, 0.717) is 54.6 Å². The third-order valence-electron chi connectivity index (χ3n) is 7.60. The summed E-state index contributed by atoms with van der Waals surface area (Å²) in [6, 6.07) is 13.3. The maximum absolute atomic E-state index is 15.8. The standard InChI is InChI=1S/C29H35ClFN3O4S/c1-37-20-8-9-24-21(18-20)27(22(30)19-32-24)23(31)10-11-29(28(35)33-36)12-15-34(16-13-29)14-5-17-39-26-7-4-3-6-25(26)38-2/h3-4,6-9,18-19,23,36H,5,10-17H2,1-2H3,(H,33,35). The van der Waals surface area contributed by atoms with Crippen LogP contribution in [0.4, 0.5) is 4.39 Å². The fourth-order valence-corrected chi connectivity index (χ4v) is 6.51. The third-order valence-corrected chi connectivity index (χ3v) is 9.04. The highest BCUT2D eigenvalue weighted by molar-refractivity contribution is 7.99. The van der Waals surface area contributed by atoms with E-state index < -0.39 is 17.5 Å². The number of likely N-dealkylation sites (tertiary alicyclic amines) is 1. The van der Waals surface area contributed by atoms with Gasteiger partial charge in [0.05, 0.1) is 30.2 Å². The average molecular weight is 576 g/mol. The van der Waals surface area contributed by atoms with Crippen LogP contribution in [-0.4, -0.2) is 60.6 Å². The highest BCUT2D eigenvalue weighted by Gasteiger charge is 2.41. The summed E-state index contributed by atoms with van der Waals surface area (Å²) < 4.78 is 26.5. The van der Waals surface area contributed by atoms with Crippen molar-refractivity contribution in [2.75, 3.05) is 39.6 Å². The summed E-state index contributed by atoms with van der Waals surface area (Å²) in [4.78, 5) is 20.6. The van der Waals surface area contributed by atoms with E-state index in [9.17, 15) is 10.0 Å². The molecule has 0 bridgehead atoms. The quantitative estimate of drug-likeness (QED) is 0.111. The topological polar surface area (TPSA) is 83.9 Å². The Labute approximate surface area is 238 Å². The number of hydrogen-bond donors (Lipinski definition) is 2. The molecule has 2 aromatic carbocycles. The number of aromatic nitrogens is 1. The second-order valence-electron chi connectivity index (χ2n) is 9.82. The van der Waals surface area contributed by atoms with Crippen molar-refractivity contribution < 1.29 is 23.9 Å². The fraction of sp³-hybridized carbons (Fsp3) is 0.448. The minimum absolute atomic E-state index is 0.0962. The Hall–Kier alpha value is -2.59. The van der Waals surface area contributed by atoms with E-state index in [1.165, 1.54) is 6.20 Å². The van der Waals surface area contributed by atoms with Gasteiger partial charge in [0.25, 0.3) is 0 Å². The molecule has 2 heterocycles. The van der Waals surface area contributed by atoms with Gasteiger partial charge in [0.15, 0.2) is 0 Å². The summed E-state index contributed by atoms with van der Waals surface area (Å²) >= 11 is 8.17. The van der Waals surface area contributed by atoms with Gasteiger partial charge in [0.2, 0.25) is 5.91 Å². The molecule has 1 saturated heterocycles. The Morgan fingerprint density at radius 1 is 1.23 bits per heavy atom. The van der Waals surface area contributed by atoms with Gasteiger partial charge in [-0.2, -0.15) is 0 Å². The second-order valence-corrected chi connectivity index (χ2v) is 11.4. The molecule has 0 aliphatic carbocycles. The maximum atomic E-state index is 15.8. The molecule has 0 saturated carbocycles. The summed E-state index contributed by atoms with van der Waals surface area (Å²) in [6.45, 7) is 2.32. The number of carbonyl (C=O) groups is 1. The highest BCUT2D eigenvalue weighted by Crippen LogP contribution is 2.42. The number of carbonyl (C=O) groups excluding carboxylic acids is 1. The van der Waals surface area contributed by atoms with Crippen LogP contribution in [0.1, 0.15) is 43.8 Å². The van der Waals surface area contributed by atoms with Gasteiger partial charge in [-0.1, -0.05) is 23.7 Å². The number of rotatable bonds is 12. The lowest BCUT2D eigenvalue weighted by atomic mass is 9.73. The molecule has 0 spiro atoms. The molecule has 1 fully saturated rings. The normalized spacial score (nSPS) is 16.1. The first-order valence-electron chi connectivity index (χ1n) is 13.1. The number of hydrogen-bond acceptors (Lipinski definition) is 7. The van der Waals surface area contributed by atoms with Crippen LogP contribution in [0.15, 0.2) is 53.6 Å². The van der Waals surface area contributed by atoms with E-state index in [1.54, 1.807) is 44.2 Å². The first-order valence-corrected chi connectivity index (χ1v) is 14.5. The van der Waals surface area contributed by atoms with E-state index >= 15 is 4.39 Å². The Morgan fingerprint density at radius 3 is 2.72 bits per heavy atom. The molecule has 1 aliphatic heterocycles. The largest absolute Gasteiger partial charge is 0.497 e. The van der Waals surface area contributed by atoms with Crippen molar-refractivity contribution in [1.82, 2.24) is 15.4 Å². The number of fused-ring (bicyclic) bond motifs is 1. The molecule has 10 heteroatoms. The molecule has 39 heavy (non-hydrogen) atoms. The number of nitrogens with one attached hydrogen (secondary N) is 1. The molecule has 1 aromatic heterocycles. The molecule has 7 nitrogen and oxygen atoms in total. The molecule has 3 aromatic rings. The number of benzene rings is 2. The van der Waals surface area contributed by atoms with Crippen LogP contribution in [0, 0.1) is 5.41 Å². The molecule has 1 atom stereocenters. The van der Waals surface area contributed by atoms with Crippen molar-refractivity contribution >= 4 is 40.2 Å². The van der Waals surface area contributed by atoms with Crippen LogP contribution >= 0.6 is 23.4 Å². The van der Waals surface area contributed by atoms with Gasteiger partial charge < -0.3 is 14.4 Å². The van der Waals surface area contributed by atoms with E-state index in [1.807, 2.05) is 23.7 Å². The number of methoxy groups -OCH3 is 2. The zero-order chi connectivity index (χ0) is 27.8. The number of hydroxylamine groups is 1. The Kier molecular flexibility index (Phi) is 10.3. The van der Waals surface area contributed by atoms with Crippen molar-refractivity contribution in [3.05, 3.63) is 59.2 Å². The lowest BCUT2D eigenvalue weighted by Crippen LogP contribution is -2.48. The van der Waals surface area contributed by atoms with Crippen molar-refractivity contribution in [3.8, 4) is 11.5 Å². The molecule has 1 unspecified atom stereocenters. The van der Waals surface area contributed by atoms with E-state index in [-0.39, 0.29) is 11.4 Å². The van der Waals surface area contributed by atoms with Crippen LogP contribution in [-0.2, 0) is 4.79 Å². The van der Waals surface area contributed by atoms with Crippen LogP contribution in [0.2, 0.25) is 5.02 Å². The van der Waals surface area contributed by atoms with Gasteiger partial charge in [0.1, 0.15) is 17.7 Å². The summed E-state index contributed by atoms with van der Waals surface area (Å²) in [5.41, 5.74) is 1.98. The number of alkyl halides is 1. The third kappa shape index (κ3) is 6.95. The van der Waals surface area contributed by atoms with Gasteiger partial charge >= 0.3 is 0 Å². The summed E-state index contributed by atoms with van der Waals surface area (Å²) in [7, 11) is 3.23. The zero-order valence-electron chi connectivity index (χ0n) is 22.3. The number of halogens is 2. The minimum atomic E-state index is -1.40. The lowest BCUT2D eigenvalue weighted by molar-refractivity contribution is -0.143. The first kappa shape index (κ1) is 29.4. The zero-order valence-corrected chi connectivity index (χ0v) is 23.9. The van der Waals surface area contributed by atoms with Gasteiger partial charge in [-0.15, -0.1) is 11.8 Å². The lowest BCUT2D eigenvalue weighted by Gasteiger charge is -2.40. The van der Waals surface area contributed by atoms with Crippen LogP contribution in [0.5, 0.6) is 11.5 Å². The van der Waals surface area contributed by atoms with E-state index in [4.69, 9.17) is 21.1 Å². The van der Waals surface area contributed by atoms with Crippen molar-refractivity contribution in [3.63, 3.8) is 0 Å². The number of pyridine rings is 1. The molecule has 0 radical (unpaired) electrons. The molecule has 1 aliphatic rings. The number of thioether (sulfide) groups is 1. The fourth-order valence-electron chi connectivity index (χ4n) is 5.28. The first-order chi connectivity index (χ1) is 18.9. The summed E-state index contributed by atoms with van der Waals surface area (Å²) in [5.74, 6) is 1.97. The monoisotopic (exact) mass is 575 g/mol. The number of piperidine rings is 1. The van der Waals surface area contributed by atoms with Crippen molar-refractivity contribution in [2.45, 2.75) is 43.2 Å². The minimum Gasteiger partial charge on any atom is -0.497 e. The average Bonchev–Trinajstić information content (AvgIpc) is 2.98. The van der Waals surface area contributed by atoms with Gasteiger partial charge in [-0.25, -0.2) is 9.87 Å². The molecular weight excluding hydrogens is 541 g/mol. The molecule has 1 amide bonds. The second kappa shape index (κ2) is 13.7. The van der Waals surface area contributed by atoms with Gasteiger partial charge in [-0.05, 0) is 87.8 Å². The maximum Gasteiger partial charge on any atom is 0.249 e. The molecule has 2 N–H and O–H groups in total. The number of ether oxygens (including phenoxy) is 2. The smallest absolute Gasteiger partial charge is 0.249 e. The number of amides is 1. The van der Waals surface area contributed by atoms with Crippen molar-refractivity contribution in [1.29, 1.82) is 0 Å². The van der Waals surface area contributed by atoms with Gasteiger partial charge in [-0.3, -0.25) is 15.0 Å². The Bertz CT molecular complexity index is 1270. The predicted octanol–water partition coefficient (Wildman–Crippen LogP) is 6.47. The molecular formula is C29H35ClFN3O4S. The van der Waals surface area contributed by atoms with Crippen LogP contribution < -0.4 is 15.0 Å². The summed E-state index contributed by atoms with van der Waals surface area (Å²) in [6.07, 6.45) is 2.53. The number of nitrogens with zero attached hydrogens (tertiary/aromatic N) is 2. The number of para-hydroxylation sites is 1. The van der Waals surface area contributed by atoms with Crippen LogP contribution in [0.25, 0.3) is 10.9 Å². The Balaban J connectivity index is 1.35. The highest BCUT2D eigenvalue weighted by atomic mass is 35.5. The molecule has 4 rings (SSSR count). The SMILES string of the molecule is COc1ccc2ncc(Cl)c(C(F)CCC3(C(=O)NO)CCN(CCCSc4ccccc4OC)CC3)c2c1. The van der Waals surface area contributed by atoms with E-state index in [2.05, 4.69) is 16.0 Å². The van der Waals surface area contributed by atoms with Crippen molar-refractivity contribution in [2.24, 2.45) is 5.41 Å². The Morgan fingerprint density at radius 2 is 2.00 bits per heavy atom. The van der Waals surface area contributed by atoms with E-state index in [0.717, 1.165) is 29.4 Å². The predicted molar refractivity (Wildman–Crippen MR) is 153 cm³/mol. The summed E-state index contributed by atoms with van der Waals surface area (Å²) in [5, 5.41) is 10.3.